The first kappa shape index (κ1) is 16.4. The number of nitro groups is 1. The fourth-order valence-electron chi connectivity index (χ4n) is 2.66. The van der Waals surface area contributed by atoms with Gasteiger partial charge in [-0.15, -0.1) is 0 Å². The third-order valence-corrected chi connectivity index (χ3v) is 3.89. The summed E-state index contributed by atoms with van der Waals surface area (Å²) in [5, 5.41) is 13.8. The van der Waals surface area contributed by atoms with Crippen LogP contribution in [0.1, 0.15) is 12.5 Å². The lowest BCUT2D eigenvalue weighted by Crippen LogP contribution is -2.32. The lowest BCUT2D eigenvalue weighted by Gasteiger charge is -2.11. The molecular weight excluding hydrogens is 322 g/mol. The highest BCUT2D eigenvalue weighted by Gasteiger charge is 2.38. The summed E-state index contributed by atoms with van der Waals surface area (Å²) in [5.74, 6) is -0.829. The molecule has 1 aliphatic rings. The topological polar surface area (TPSA) is 92.6 Å². The molecule has 2 amide bonds. The minimum absolute atomic E-state index is 0.0777. The average molecular weight is 337 g/mol. The van der Waals surface area contributed by atoms with Crippen LogP contribution in [0.5, 0.6) is 0 Å². The number of anilines is 1. The fourth-order valence-corrected chi connectivity index (χ4v) is 2.66. The standard InChI is InChI=1S/C18H15N3O4/c1-2-20-17(22)15(12-8-10-14(11-9-12)21(24)25)16(18(20)23)19-13-6-4-3-5-7-13/h3-11,19H,2H2,1H3. The van der Waals surface area contributed by atoms with E-state index in [1.54, 1.807) is 19.1 Å². The van der Waals surface area contributed by atoms with Crippen LogP contribution in [-0.2, 0) is 9.59 Å². The van der Waals surface area contributed by atoms with E-state index >= 15 is 0 Å². The zero-order valence-electron chi connectivity index (χ0n) is 13.4. The van der Waals surface area contributed by atoms with Crippen molar-refractivity contribution in [2.24, 2.45) is 0 Å². The Bertz CT molecular complexity index is 873. The van der Waals surface area contributed by atoms with Crippen molar-refractivity contribution < 1.29 is 14.5 Å². The maximum Gasteiger partial charge on any atom is 0.278 e. The number of nitrogens with one attached hydrogen (secondary N) is 1. The van der Waals surface area contributed by atoms with Gasteiger partial charge in [0, 0.05) is 24.4 Å². The van der Waals surface area contributed by atoms with E-state index in [1.807, 2.05) is 18.2 Å². The number of likely N-dealkylation sites (N-methyl/N-ethyl adjacent to an activating group) is 1. The number of hydrogen-bond acceptors (Lipinski definition) is 5. The lowest BCUT2D eigenvalue weighted by molar-refractivity contribution is -0.384. The smallest absolute Gasteiger partial charge is 0.278 e. The maximum atomic E-state index is 12.6. The summed E-state index contributed by atoms with van der Waals surface area (Å²) in [7, 11) is 0. The molecule has 1 heterocycles. The Morgan fingerprint density at radius 1 is 1.00 bits per heavy atom. The van der Waals surface area contributed by atoms with Gasteiger partial charge < -0.3 is 5.32 Å². The predicted octanol–water partition coefficient (Wildman–Crippen LogP) is 2.81. The van der Waals surface area contributed by atoms with E-state index in [-0.39, 0.29) is 23.5 Å². The van der Waals surface area contributed by atoms with Gasteiger partial charge in [0.15, 0.2) is 0 Å². The molecule has 0 fully saturated rings. The number of nitro benzene ring substituents is 1. The minimum Gasteiger partial charge on any atom is -0.350 e. The van der Waals surface area contributed by atoms with Gasteiger partial charge >= 0.3 is 0 Å². The number of amides is 2. The maximum absolute atomic E-state index is 12.6. The van der Waals surface area contributed by atoms with Crippen LogP contribution in [0.4, 0.5) is 11.4 Å². The first-order chi connectivity index (χ1) is 12.0. The van der Waals surface area contributed by atoms with E-state index in [0.717, 1.165) is 4.90 Å². The highest BCUT2D eigenvalue weighted by molar-refractivity contribution is 6.36. The van der Waals surface area contributed by atoms with Crippen molar-refractivity contribution in [2.45, 2.75) is 6.92 Å². The summed E-state index contributed by atoms with van der Waals surface area (Å²) >= 11 is 0. The number of rotatable bonds is 5. The summed E-state index contributed by atoms with van der Waals surface area (Å²) < 4.78 is 0. The van der Waals surface area contributed by atoms with Crippen LogP contribution < -0.4 is 5.32 Å². The fraction of sp³-hybridized carbons (Fsp3) is 0.111. The molecule has 7 nitrogen and oxygen atoms in total. The van der Waals surface area contributed by atoms with Crippen LogP contribution in [0, 0.1) is 10.1 Å². The van der Waals surface area contributed by atoms with Crippen molar-refractivity contribution >= 4 is 28.8 Å². The van der Waals surface area contributed by atoms with E-state index < -0.39 is 16.7 Å². The van der Waals surface area contributed by atoms with E-state index in [2.05, 4.69) is 5.32 Å². The number of benzene rings is 2. The highest BCUT2D eigenvalue weighted by atomic mass is 16.6. The second kappa shape index (κ2) is 6.56. The number of para-hydroxylation sites is 1. The quantitative estimate of drug-likeness (QED) is 0.514. The monoisotopic (exact) mass is 337 g/mol. The van der Waals surface area contributed by atoms with Crippen molar-refractivity contribution in [1.82, 2.24) is 4.90 Å². The number of carbonyl (C=O) groups excluding carboxylic acids is 2. The molecule has 0 saturated carbocycles. The van der Waals surface area contributed by atoms with E-state index in [9.17, 15) is 19.7 Å². The zero-order chi connectivity index (χ0) is 18.0. The molecule has 0 saturated heterocycles. The molecule has 2 aromatic rings. The number of hydrogen-bond donors (Lipinski definition) is 1. The van der Waals surface area contributed by atoms with Crippen molar-refractivity contribution in [1.29, 1.82) is 0 Å². The van der Waals surface area contributed by atoms with E-state index in [1.165, 1.54) is 24.3 Å². The van der Waals surface area contributed by atoms with Crippen LogP contribution in [0.2, 0.25) is 0 Å². The molecule has 1 aliphatic heterocycles. The van der Waals surface area contributed by atoms with Crippen LogP contribution in [0.25, 0.3) is 5.57 Å². The molecule has 3 rings (SSSR count). The van der Waals surface area contributed by atoms with Crippen LogP contribution in [0.15, 0.2) is 60.3 Å². The SMILES string of the molecule is CCN1C(=O)C(Nc2ccccc2)=C(c2ccc([N+](=O)[O-])cc2)C1=O. The highest BCUT2D eigenvalue weighted by Crippen LogP contribution is 2.31. The number of nitrogens with zero attached hydrogens (tertiary/aromatic N) is 2. The summed E-state index contributed by atoms with van der Waals surface area (Å²) in [6.07, 6.45) is 0. The minimum atomic E-state index is -0.513. The molecule has 25 heavy (non-hydrogen) atoms. The van der Waals surface area contributed by atoms with Crippen LogP contribution >= 0.6 is 0 Å². The van der Waals surface area contributed by atoms with Gasteiger partial charge in [-0.2, -0.15) is 0 Å². The molecule has 7 heteroatoms. The van der Waals surface area contributed by atoms with Crippen LogP contribution in [-0.4, -0.2) is 28.2 Å². The van der Waals surface area contributed by atoms with Crippen molar-refractivity contribution in [3.63, 3.8) is 0 Å². The van der Waals surface area contributed by atoms with Gasteiger partial charge in [0.05, 0.1) is 10.5 Å². The molecule has 0 spiro atoms. The molecule has 0 radical (unpaired) electrons. The largest absolute Gasteiger partial charge is 0.350 e. The molecule has 0 atom stereocenters. The van der Waals surface area contributed by atoms with Crippen molar-refractivity contribution in [3.8, 4) is 0 Å². The van der Waals surface area contributed by atoms with Crippen molar-refractivity contribution in [2.75, 3.05) is 11.9 Å². The van der Waals surface area contributed by atoms with Gasteiger partial charge in [-0.25, -0.2) is 0 Å². The first-order valence-corrected chi connectivity index (χ1v) is 7.70. The zero-order valence-corrected chi connectivity index (χ0v) is 13.4. The van der Waals surface area contributed by atoms with E-state index in [4.69, 9.17) is 0 Å². The first-order valence-electron chi connectivity index (χ1n) is 7.70. The second-order valence-corrected chi connectivity index (χ2v) is 5.40. The van der Waals surface area contributed by atoms with Gasteiger partial charge in [0.25, 0.3) is 17.5 Å². The summed E-state index contributed by atoms with van der Waals surface area (Å²) in [4.78, 5) is 36.7. The predicted molar refractivity (Wildman–Crippen MR) is 92.5 cm³/mol. The molecule has 0 aliphatic carbocycles. The molecule has 2 aromatic carbocycles. The number of non-ortho nitro benzene ring substituents is 1. The van der Waals surface area contributed by atoms with E-state index in [0.29, 0.717) is 11.3 Å². The lowest BCUT2D eigenvalue weighted by atomic mass is 10.0. The molecular formula is C18H15N3O4. The molecule has 0 unspecified atom stereocenters. The van der Waals surface area contributed by atoms with Crippen LogP contribution in [0.3, 0.4) is 0 Å². The average Bonchev–Trinajstić information content (AvgIpc) is 2.85. The van der Waals surface area contributed by atoms with Gasteiger partial charge in [-0.1, -0.05) is 18.2 Å². The van der Waals surface area contributed by atoms with Gasteiger partial charge in [-0.05, 0) is 36.8 Å². The Morgan fingerprint density at radius 2 is 1.64 bits per heavy atom. The Balaban J connectivity index is 2.07. The Kier molecular flexibility index (Phi) is 4.30. The van der Waals surface area contributed by atoms with Gasteiger partial charge in [0.2, 0.25) is 0 Å². The molecule has 1 N–H and O–H groups in total. The summed E-state index contributed by atoms with van der Waals surface area (Å²) in [5.41, 5.74) is 1.44. The van der Waals surface area contributed by atoms with Gasteiger partial charge in [0.1, 0.15) is 5.70 Å². The second-order valence-electron chi connectivity index (χ2n) is 5.40. The Labute approximate surface area is 143 Å². The summed E-state index contributed by atoms with van der Waals surface area (Å²) in [6, 6.07) is 14.6. The summed E-state index contributed by atoms with van der Waals surface area (Å²) in [6.45, 7) is 1.96. The normalized spacial score (nSPS) is 14.2. The molecule has 0 aromatic heterocycles. The number of imide groups is 1. The third-order valence-electron chi connectivity index (χ3n) is 3.89. The van der Waals surface area contributed by atoms with Gasteiger partial charge in [-0.3, -0.25) is 24.6 Å². The number of carbonyl (C=O) groups is 2. The van der Waals surface area contributed by atoms with Crippen molar-refractivity contribution in [3.05, 3.63) is 76.0 Å². The molecule has 126 valence electrons. The molecule has 0 bridgehead atoms. The Hall–Kier alpha value is -3.48. The third kappa shape index (κ3) is 2.99. The Morgan fingerprint density at radius 3 is 2.20 bits per heavy atom.